The molecule has 0 aliphatic carbocycles. The number of methoxy groups -OCH3 is 1. The van der Waals surface area contributed by atoms with Crippen molar-refractivity contribution in [3.05, 3.63) is 36.2 Å². The summed E-state index contributed by atoms with van der Waals surface area (Å²) in [5.74, 6) is -0.457. The van der Waals surface area contributed by atoms with Crippen molar-refractivity contribution in [1.29, 1.82) is 0 Å². The summed E-state index contributed by atoms with van der Waals surface area (Å²) < 4.78 is 6.48. The minimum absolute atomic E-state index is 0.0934. The van der Waals surface area contributed by atoms with Crippen molar-refractivity contribution in [2.75, 3.05) is 19.0 Å². The topological polar surface area (TPSA) is 110 Å². The lowest BCUT2D eigenvalue weighted by Gasteiger charge is -2.13. The van der Waals surface area contributed by atoms with Crippen LogP contribution in [-0.2, 0) is 11.3 Å². The zero-order valence-electron chi connectivity index (χ0n) is 11.4. The zero-order chi connectivity index (χ0) is 15.2. The van der Waals surface area contributed by atoms with Gasteiger partial charge in [-0.3, -0.25) is 0 Å². The molecule has 1 unspecified atom stereocenters. The number of nitrogens with zero attached hydrogens (tertiary/aromatic N) is 3. The lowest BCUT2D eigenvalue weighted by Crippen LogP contribution is -2.21. The number of hydrogen-bond acceptors (Lipinski definition) is 6. The Hall–Kier alpha value is -2.61. The molecule has 3 N–H and O–H groups in total. The van der Waals surface area contributed by atoms with Crippen LogP contribution in [0.1, 0.15) is 11.7 Å². The first kappa shape index (κ1) is 14.8. The van der Waals surface area contributed by atoms with Gasteiger partial charge in [0.1, 0.15) is 11.4 Å². The number of ether oxygens (including phenoxy) is 1. The molecule has 2 aromatic rings. The van der Waals surface area contributed by atoms with Crippen molar-refractivity contribution in [2.45, 2.75) is 12.6 Å². The van der Waals surface area contributed by atoms with Crippen LogP contribution in [0, 0.1) is 0 Å². The van der Waals surface area contributed by atoms with Gasteiger partial charge >= 0.3 is 5.97 Å². The van der Waals surface area contributed by atoms with Crippen molar-refractivity contribution < 1.29 is 19.7 Å². The number of aliphatic hydroxyl groups excluding tert-OH is 1. The zero-order valence-corrected chi connectivity index (χ0v) is 11.4. The third-order valence-corrected chi connectivity index (χ3v) is 2.81. The molecule has 0 aliphatic heterocycles. The van der Waals surface area contributed by atoms with Gasteiger partial charge in [0.25, 0.3) is 0 Å². The number of rotatable bonds is 7. The lowest BCUT2D eigenvalue weighted by atomic mass is 10.2. The van der Waals surface area contributed by atoms with E-state index in [0.29, 0.717) is 11.4 Å². The average molecular weight is 292 g/mol. The molecule has 0 amide bonds. The van der Waals surface area contributed by atoms with Crippen LogP contribution in [0.2, 0.25) is 0 Å². The molecule has 0 saturated carbocycles. The van der Waals surface area contributed by atoms with E-state index in [1.54, 1.807) is 24.3 Å². The fraction of sp³-hybridized carbons (Fsp3) is 0.308. The van der Waals surface area contributed by atoms with E-state index in [-0.39, 0.29) is 18.8 Å². The highest BCUT2D eigenvalue weighted by Crippen LogP contribution is 2.22. The number of aromatic nitrogens is 3. The summed E-state index contributed by atoms with van der Waals surface area (Å²) in [4.78, 5) is 11.4. The molecule has 2 rings (SSSR count). The summed E-state index contributed by atoms with van der Waals surface area (Å²) in [6.45, 7) is 0.169. The molecule has 112 valence electrons. The van der Waals surface area contributed by atoms with Crippen LogP contribution < -0.4 is 10.1 Å². The maximum atomic E-state index is 11.4. The summed E-state index contributed by atoms with van der Waals surface area (Å²) in [6.07, 6.45) is 1.49. The van der Waals surface area contributed by atoms with E-state index in [1.807, 2.05) is 0 Å². The van der Waals surface area contributed by atoms with Gasteiger partial charge in [-0.1, -0.05) is 11.3 Å². The van der Waals surface area contributed by atoms with E-state index in [9.17, 15) is 9.90 Å². The van der Waals surface area contributed by atoms with Gasteiger partial charge < -0.3 is 20.3 Å². The van der Waals surface area contributed by atoms with Gasteiger partial charge in [-0.2, -0.15) is 0 Å². The van der Waals surface area contributed by atoms with Gasteiger partial charge in [-0.15, -0.1) is 5.10 Å². The number of carboxylic acid groups (broad SMARTS) is 1. The van der Waals surface area contributed by atoms with Crippen molar-refractivity contribution in [3.8, 4) is 5.75 Å². The Labute approximate surface area is 121 Å². The molecular formula is C13H16N4O4. The molecule has 1 heterocycles. The van der Waals surface area contributed by atoms with E-state index >= 15 is 0 Å². The molecule has 0 fully saturated rings. The number of aliphatic hydroxyl groups is 1. The van der Waals surface area contributed by atoms with Crippen LogP contribution in [0.4, 0.5) is 5.69 Å². The second kappa shape index (κ2) is 6.71. The predicted octanol–water partition coefficient (Wildman–Crippen LogP) is 0.517. The van der Waals surface area contributed by atoms with Gasteiger partial charge in [0.2, 0.25) is 0 Å². The standard InChI is InChI=1S/C13H16N4O4/c1-21-10-4-2-3-9(7-10)14-12(13(19)20)11-8-17(5-6-18)16-15-11/h2-4,7-8,12,14,18H,5-6H2,1H3,(H,19,20). The molecule has 21 heavy (non-hydrogen) atoms. The first-order valence-electron chi connectivity index (χ1n) is 6.28. The minimum atomic E-state index is -1.08. The van der Waals surface area contributed by atoms with Crippen molar-refractivity contribution >= 4 is 11.7 Å². The van der Waals surface area contributed by atoms with Gasteiger partial charge in [0.15, 0.2) is 6.04 Å². The average Bonchev–Trinajstić information content (AvgIpc) is 2.93. The van der Waals surface area contributed by atoms with E-state index in [2.05, 4.69) is 15.6 Å². The molecule has 8 heteroatoms. The number of anilines is 1. The number of aliphatic carboxylic acids is 1. The van der Waals surface area contributed by atoms with Crippen LogP contribution >= 0.6 is 0 Å². The fourth-order valence-corrected chi connectivity index (χ4v) is 1.80. The smallest absolute Gasteiger partial charge is 0.332 e. The molecule has 0 radical (unpaired) electrons. The van der Waals surface area contributed by atoms with Gasteiger partial charge in [0, 0.05) is 11.8 Å². The molecular weight excluding hydrogens is 276 g/mol. The molecule has 1 aromatic heterocycles. The maximum Gasteiger partial charge on any atom is 0.332 e. The summed E-state index contributed by atoms with van der Waals surface area (Å²) in [5, 5.41) is 28.6. The summed E-state index contributed by atoms with van der Waals surface area (Å²) in [7, 11) is 1.54. The van der Waals surface area contributed by atoms with Crippen molar-refractivity contribution in [3.63, 3.8) is 0 Å². The molecule has 0 spiro atoms. The quantitative estimate of drug-likeness (QED) is 0.682. The molecule has 0 saturated heterocycles. The van der Waals surface area contributed by atoms with E-state index in [0.717, 1.165) is 0 Å². The van der Waals surface area contributed by atoms with Gasteiger partial charge in [0.05, 0.1) is 26.5 Å². The second-order valence-corrected chi connectivity index (χ2v) is 4.28. The highest BCUT2D eigenvalue weighted by Gasteiger charge is 2.23. The highest BCUT2D eigenvalue weighted by molar-refractivity contribution is 5.78. The lowest BCUT2D eigenvalue weighted by molar-refractivity contribution is -0.138. The first-order valence-corrected chi connectivity index (χ1v) is 6.28. The second-order valence-electron chi connectivity index (χ2n) is 4.28. The van der Waals surface area contributed by atoms with Crippen LogP contribution in [0.15, 0.2) is 30.5 Å². The van der Waals surface area contributed by atoms with Crippen molar-refractivity contribution in [1.82, 2.24) is 15.0 Å². The number of carbonyl (C=O) groups is 1. The normalized spacial score (nSPS) is 11.9. The number of nitrogens with one attached hydrogen (secondary N) is 1. The third kappa shape index (κ3) is 3.69. The molecule has 1 aromatic carbocycles. The monoisotopic (exact) mass is 292 g/mol. The van der Waals surface area contributed by atoms with Gasteiger partial charge in [-0.05, 0) is 12.1 Å². The number of carboxylic acids is 1. The SMILES string of the molecule is COc1cccc(NC(C(=O)O)c2cn(CCO)nn2)c1. The number of benzene rings is 1. The largest absolute Gasteiger partial charge is 0.497 e. The van der Waals surface area contributed by atoms with E-state index < -0.39 is 12.0 Å². The maximum absolute atomic E-state index is 11.4. The first-order chi connectivity index (χ1) is 10.1. The minimum Gasteiger partial charge on any atom is -0.497 e. The Balaban J connectivity index is 2.20. The molecule has 0 bridgehead atoms. The van der Waals surface area contributed by atoms with Crippen molar-refractivity contribution in [2.24, 2.45) is 0 Å². The molecule has 8 nitrogen and oxygen atoms in total. The van der Waals surface area contributed by atoms with Crippen LogP contribution in [0.3, 0.4) is 0 Å². The number of hydrogen-bond donors (Lipinski definition) is 3. The predicted molar refractivity (Wildman–Crippen MR) is 74.1 cm³/mol. The van der Waals surface area contributed by atoms with Crippen LogP contribution in [0.5, 0.6) is 5.75 Å². The molecule has 1 atom stereocenters. The summed E-state index contributed by atoms with van der Waals surface area (Å²) in [6, 6.07) is 5.90. The van der Waals surface area contributed by atoms with Gasteiger partial charge in [-0.25, -0.2) is 9.48 Å². The molecule has 0 aliphatic rings. The summed E-state index contributed by atoms with van der Waals surface area (Å²) in [5.41, 5.74) is 0.859. The fourth-order valence-electron chi connectivity index (χ4n) is 1.80. The van der Waals surface area contributed by atoms with E-state index in [4.69, 9.17) is 9.84 Å². The van der Waals surface area contributed by atoms with Crippen LogP contribution in [0.25, 0.3) is 0 Å². The Morgan fingerprint density at radius 2 is 2.33 bits per heavy atom. The Kier molecular flexibility index (Phi) is 4.72. The highest BCUT2D eigenvalue weighted by atomic mass is 16.5. The Morgan fingerprint density at radius 1 is 1.52 bits per heavy atom. The van der Waals surface area contributed by atoms with E-state index in [1.165, 1.54) is 18.0 Å². The van der Waals surface area contributed by atoms with Crippen LogP contribution in [-0.4, -0.2) is 44.9 Å². The summed E-state index contributed by atoms with van der Waals surface area (Å²) >= 11 is 0. The Bertz CT molecular complexity index is 614. The third-order valence-electron chi connectivity index (χ3n) is 2.81. The Morgan fingerprint density at radius 3 is 3.00 bits per heavy atom.